The Hall–Kier alpha value is -3.81. The number of rotatable bonds is 4. The lowest BCUT2D eigenvalue weighted by atomic mass is 10.0. The first-order chi connectivity index (χ1) is 15.0. The number of carbonyl (C=O) groups is 1. The molecule has 5 rings (SSSR count). The van der Waals surface area contributed by atoms with Gasteiger partial charge in [-0.3, -0.25) is 14.3 Å². The van der Waals surface area contributed by atoms with Crippen molar-refractivity contribution in [2.45, 2.75) is 33.0 Å². The predicted octanol–water partition coefficient (Wildman–Crippen LogP) is 3.03. The molecule has 0 bridgehead atoms. The molecule has 0 radical (unpaired) electrons. The molecular formula is C23H20FN5O2. The van der Waals surface area contributed by atoms with E-state index >= 15 is 0 Å². The monoisotopic (exact) mass is 417 g/mol. The Balaban J connectivity index is 1.44. The number of aromatic nitrogens is 4. The summed E-state index contributed by atoms with van der Waals surface area (Å²) in [4.78, 5) is 26.7. The Labute approximate surface area is 177 Å². The lowest BCUT2D eigenvalue weighted by Gasteiger charge is -2.17. The van der Waals surface area contributed by atoms with Crippen LogP contribution in [0.25, 0.3) is 10.8 Å². The second-order valence-electron chi connectivity index (χ2n) is 7.63. The largest absolute Gasteiger partial charge is 0.328 e. The van der Waals surface area contributed by atoms with Gasteiger partial charge in [0.25, 0.3) is 11.5 Å². The van der Waals surface area contributed by atoms with Crippen LogP contribution in [0.3, 0.4) is 0 Å². The Morgan fingerprint density at radius 2 is 1.97 bits per heavy atom. The minimum Gasteiger partial charge on any atom is -0.328 e. The number of hydrogen-bond donors (Lipinski definition) is 1. The highest BCUT2D eigenvalue weighted by Gasteiger charge is 2.29. The van der Waals surface area contributed by atoms with Crippen LogP contribution in [-0.4, -0.2) is 30.8 Å². The van der Waals surface area contributed by atoms with Gasteiger partial charge in [-0.1, -0.05) is 24.3 Å². The molecule has 1 amide bonds. The first-order valence-corrected chi connectivity index (χ1v) is 10.1. The molecule has 31 heavy (non-hydrogen) atoms. The maximum atomic E-state index is 14.6. The van der Waals surface area contributed by atoms with E-state index in [1.807, 2.05) is 23.7 Å². The third-order valence-electron chi connectivity index (χ3n) is 5.73. The van der Waals surface area contributed by atoms with Gasteiger partial charge in [-0.15, -0.1) is 0 Å². The van der Waals surface area contributed by atoms with Crippen molar-refractivity contribution in [2.24, 2.45) is 0 Å². The number of carbonyl (C=O) groups excluding carboxylic acids is 1. The molecule has 156 valence electrons. The highest BCUT2D eigenvalue weighted by atomic mass is 19.1. The van der Waals surface area contributed by atoms with Crippen LogP contribution in [0.1, 0.15) is 39.8 Å². The van der Waals surface area contributed by atoms with Crippen molar-refractivity contribution in [1.29, 1.82) is 0 Å². The summed E-state index contributed by atoms with van der Waals surface area (Å²) in [5.74, 6) is -0.904. The number of nitrogens with zero attached hydrogens (tertiary/aromatic N) is 4. The molecule has 2 aromatic heterocycles. The van der Waals surface area contributed by atoms with Gasteiger partial charge in [0.15, 0.2) is 0 Å². The number of aromatic amines is 1. The molecule has 0 saturated carbocycles. The van der Waals surface area contributed by atoms with Crippen molar-refractivity contribution in [3.8, 4) is 0 Å². The first-order valence-electron chi connectivity index (χ1n) is 10.1. The zero-order chi connectivity index (χ0) is 21.5. The van der Waals surface area contributed by atoms with Crippen molar-refractivity contribution >= 4 is 16.7 Å². The molecule has 0 spiro atoms. The molecule has 3 heterocycles. The average Bonchev–Trinajstić information content (AvgIpc) is 3.37. The molecule has 4 aromatic rings. The van der Waals surface area contributed by atoms with Crippen LogP contribution in [-0.2, 0) is 26.1 Å². The number of nitrogens with one attached hydrogen (secondary N) is 1. The molecule has 1 aliphatic heterocycles. The maximum Gasteiger partial charge on any atom is 0.272 e. The molecule has 0 unspecified atom stereocenters. The lowest BCUT2D eigenvalue weighted by molar-refractivity contribution is 0.0743. The van der Waals surface area contributed by atoms with Gasteiger partial charge in [0.1, 0.15) is 5.82 Å². The summed E-state index contributed by atoms with van der Waals surface area (Å²) in [5.41, 5.74) is 3.18. The SMILES string of the molecule is CCn1ncc2c1CN(C(=O)c1cc(Cc3n[nH]c(=O)c4ccccc34)ccc1F)C2. The summed E-state index contributed by atoms with van der Waals surface area (Å²) in [7, 11) is 0. The minimum atomic E-state index is -0.555. The molecule has 0 aliphatic carbocycles. The molecule has 0 saturated heterocycles. The van der Waals surface area contributed by atoms with E-state index in [0.29, 0.717) is 30.6 Å². The molecule has 7 nitrogen and oxygen atoms in total. The summed E-state index contributed by atoms with van der Waals surface area (Å²) in [6, 6.07) is 11.7. The second kappa shape index (κ2) is 7.46. The van der Waals surface area contributed by atoms with E-state index in [1.165, 1.54) is 6.07 Å². The van der Waals surface area contributed by atoms with Crippen molar-refractivity contribution in [3.63, 3.8) is 0 Å². The summed E-state index contributed by atoms with van der Waals surface area (Å²) in [6.07, 6.45) is 2.13. The van der Waals surface area contributed by atoms with E-state index in [-0.39, 0.29) is 17.0 Å². The van der Waals surface area contributed by atoms with Gasteiger partial charge in [0.2, 0.25) is 0 Å². The fraction of sp³-hybridized carbons (Fsp3) is 0.217. The number of benzene rings is 2. The number of H-pyrrole nitrogens is 1. The number of fused-ring (bicyclic) bond motifs is 2. The molecule has 0 fully saturated rings. The number of halogens is 1. The van der Waals surface area contributed by atoms with Gasteiger partial charge in [-0.2, -0.15) is 10.2 Å². The van der Waals surface area contributed by atoms with Crippen molar-refractivity contribution in [2.75, 3.05) is 0 Å². The van der Waals surface area contributed by atoms with Crippen LogP contribution in [0, 0.1) is 5.82 Å². The summed E-state index contributed by atoms with van der Waals surface area (Å²) in [5, 5.41) is 12.3. The van der Waals surface area contributed by atoms with Crippen LogP contribution >= 0.6 is 0 Å². The molecule has 1 aliphatic rings. The number of amides is 1. The van der Waals surface area contributed by atoms with Gasteiger partial charge in [-0.25, -0.2) is 9.49 Å². The first kappa shape index (κ1) is 19.2. The van der Waals surface area contributed by atoms with Crippen molar-refractivity contribution in [1.82, 2.24) is 24.9 Å². The molecule has 1 N–H and O–H groups in total. The van der Waals surface area contributed by atoms with E-state index in [4.69, 9.17) is 0 Å². The smallest absolute Gasteiger partial charge is 0.272 e. The molecule has 8 heteroatoms. The van der Waals surface area contributed by atoms with E-state index in [9.17, 15) is 14.0 Å². The highest BCUT2D eigenvalue weighted by Crippen LogP contribution is 2.26. The standard InChI is InChI=1S/C23H20FN5O2/c1-2-29-21-13-28(12-15(21)11-25-29)23(31)18-9-14(7-8-19(18)24)10-20-16-5-3-4-6-17(16)22(30)27-26-20/h3-9,11H,2,10,12-13H2,1H3,(H,27,30). The van der Waals surface area contributed by atoms with Gasteiger partial charge < -0.3 is 4.90 Å². The molecular weight excluding hydrogens is 397 g/mol. The normalized spacial score (nSPS) is 13.0. The molecule has 0 atom stereocenters. The Kier molecular flexibility index (Phi) is 4.62. The summed E-state index contributed by atoms with van der Waals surface area (Å²) >= 11 is 0. The third kappa shape index (κ3) is 3.30. The van der Waals surface area contributed by atoms with Crippen LogP contribution in [0.5, 0.6) is 0 Å². The topological polar surface area (TPSA) is 83.9 Å². The van der Waals surface area contributed by atoms with E-state index < -0.39 is 5.82 Å². The Morgan fingerprint density at radius 1 is 1.16 bits per heavy atom. The van der Waals surface area contributed by atoms with E-state index in [1.54, 1.807) is 35.4 Å². The van der Waals surface area contributed by atoms with Gasteiger partial charge >= 0.3 is 0 Å². The third-order valence-corrected chi connectivity index (χ3v) is 5.73. The molecule has 2 aromatic carbocycles. The highest BCUT2D eigenvalue weighted by molar-refractivity contribution is 5.95. The quantitative estimate of drug-likeness (QED) is 0.553. The second-order valence-corrected chi connectivity index (χ2v) is 7.63. The summed E-state index contributed by atoms with van der Waals surface area (Å²) in [6.45, 7) is 3.55. The fourth-order valence-corrected chi connectivity index (χ4v) is 4.14. The van der Waals surface area contributed by atoms with Crippen molar-refractivity contribution in [3.05, 3.63) is 92.9 Å². The van der Waals surface area contributed by atoms with E-state index in [2.05, 4.69) is 15.3 Å². The predicted molar refractivity (Wildman–Crippen MR) is 113 cm³/mol. The zero-order valence-corrected chi connectivity index (χ0v) is 16.9. The zero-order valence-electron chi connectivity index (χ0n) is 16.9. The Bertz CT molecular complexity index is 1370. The number of hydrogen-bond acceptors (Lipinski definition) is 4. The summed E-state index contributed by atoms with van der Waals surface area (Å²) < 4.78 is 16.5. The van der Waals surface area contributed by atoms with Crippen LogP contribution < -0.4 is 5.56 Å². The Morgan fingerprint density at radius 3 is 2.77 bits per heavy atom. The van der Waals surface area contributed by atoms with Gasteiger partial charge in [-0.05, 0) is 30.7 Å². The van der Waals surface area contributed by atoms with E-state index in [0.717, 1.165) is 28.8 Å². The maximum absolute atomic E-state index is 14.6. The van der Waals surface area contributed by atoms with Crippen LogP contribution in [0.15, 0.2) is 53.5 Å². The van der Waals surface area contributed by atoms with Gasteiger partial charge in [0, 0.05) is 30.5 Å². The lowest BCUT2D eigenvalue weighted by Crippen LogP contribution is -2.27. The fourth-order valence-electron chi connectivity index (χ4n) is 4.14. The van der Waals surface area contributed by atoms with Crippen molar-refractivity contribution < 1.29 is 9.18 Å². The minimum absolute atomic E-state index is 0.0346. The number of aryl methyl sites for hydroxylation is 1. The van der Waals surface area contributed by atoms with Gasteiger partial charge in [0.05, 0.1) is 35.1 Å². The average molecular weight is 417 g/mol. The van der Waals surface area contributed by atoms with Crippen LogP contribution in [0.2, 0.25) is 0 Å². The van der Waals surface area contributed by atoms with Crippen LogP contribution in [0.4, 0.5) is 4.39 Å².